The predicted molar refractivity (Wildman–Crippen MR) is 117 cm³/mol. The van der Waals surface area contributed by atoms with E-state index in [1.807, 2.05) is 0 Å². The van der Waals surface area contributed by atoms with Gasteiger partial charge in [-0.05, 0) is 73.0 Å². The summed E-state index contributed by atoms with van der Waals surface area (Å²) in [5.41, 5.74) is 6.07. The van der Waals surface area contributed by atoms with E-state index in [1.54, 1.807) is 24.3 Å². The first-order valence-corrected chi connectivity index (χ1v) is 10.0. The average molecular weight is 449 g/mol. The van der Waals surface area contributed by atoms with Crippen molar-refractivity contribution in [2.45, 2.75) is 23.7 Å². The number of rotatable bonds is 9. The Balaban J connectivity index is 2.32. The molecule has 9 heteroatoms. The van der Waals surface area contributed by atoms with Crippen LogP contribution in [0.25, 0.3) is 0 Å². The summed E-state index contributed by atoms with van der Waals surface area (Å²) in [5.74, 6) is -4.44. The highest BCUT2D eigenvalue weighted by atomic mass is 32.2. The van der Waals surface area contributed by atoms with Crippen LogP contribution < -0.4 is 10.9 Å². The molecule has 0 aliphatic heterocycles. The zero-order chi connectivity index (χ0) is 22.9. The van der Waals surface area contributed by atoms with E-state index < -0.39 is 29.8 Å². The monoisotopic (exact) mass is 449 g/mol. The number of aliphatic imine (C=N–C) groups is 1. The molecule has 0 bridgehead atoms. The molecule has 2 aromatic rings. The van der Waals surface area contributed by atoms with Crippen molar-refractivity contribution in [1.29, 1.82) is 0 Å². The van der Waals surface area contributed by atoms with Gasteiger partial charge in [0.2, 0.25) is 0 Å². The largest absolute Gasteiger partial charge is 0.466 e. The molecule has 0 amide bonds. The maximum absolute atomic E-state index is 14.5. The molecule has 0 unspecified atom stereocenters. The van der Waals surface area contributed by atoms with E-state index >= 15 is 0 Å². The van der Waals surface area contributed by atoms with Crippen molar-refractivity contribution in [3.8, 4) is 0 Å². The van der Waals surface area contributed by atoms with Crippen LogP contribution in [0.1, 0.15) is 18.4 Å². The molecule has 0 saturated carbocycles. The highest BCUT2D eigenvalue weighted by Gasteiger charge is 2.31. The predicted octanol–water partition coefficient (Wildman–Crippen LogP) is 4.90. The normalized spacial score (nSPS) is 12.9. The van der Waals surface area contributed by atoms with Crippen LogP contribution in [0.3, 0.4) is 0 Å². The fourth-order valence-corrected chi connectivity index (χ4v) is 2.74. The van der Waals surface area contributed by atoms with Crippen LogP contribution in [0.2, 0.25) is 0 Å². The molecule has 2 rings (SSSR count). The second-order valence-electron chi connectivity index (χ2n) is 6.38. The SMILES string of the molecule is COC(=O)/C=C/CCC(F)(F)/C(N)=C/C(=Nc1ccc(SN)cc1)c1ccc(F)cc1. The van der Waals surface area contributed by atoms with Crippen LogP contribution >= 0.6 is 11.9 Å². The standard InChI is InChI=1S/C22H22F3N3O2S/c1-30-21(29)4-2-3-13-22(24,25)20(26)14-19(15-5-7-16(23)8-6-15)28-17-9-11-18(31-27)12-10-17/h2,4-12,14H,3,13,26-27H2,1H3/b4-2+,20-14-,28-19?. The third-order valence-electron chi connectivity index (χ3n) is 4.16. The molecular formula is C22H22F3N3O2S. The second-order valence-corrected chi connectivity index (χ2v) is 7.09. The molecule has 0 atom stereocenters. The maximum atomic E-state index is 14.5. The number of alkyl halides is 2. The Labute approximate surface area is 182 Å². The maximum Gasteiger partial charge on any atom is 0.330 e. The summed E-state index contributed by atoms with van der Waals surface area (Å²) in [7, 11) is 1.20. The van der Waals surface area contributed by atoms with E-state index in [4.69, 9.17) is 10.9 Å². The molecule has 0 radical (unpaired) electrons. The first-order valence-electron chi connectivity index (χ1n) is 9.16. The first kappa shape index (κ1) is 24.2. The van der Waals surface area contributed by atoms with Crippen LogP contribution in [0.15, 0.2) is 82.3 Å². The van der Waals surface area contributed by atoms with Crippen LogP contribution in [-0.4, -0.2) is 24.7 Å². The molecule has 0 spiro atoms. The summed E-state index contributed by atoms with van der Waals surface area (Å²) in [6.07, 6.45) is 2.74. The van der Waals surface area contributed by atoms with Crippen molar-refractivity contribution in [2.75, 3.05) is 7.11 Å². The van der Waals surface area contributed by atoms with E-state index in [1.165, 1.54) is 37.5 Å². The van der Waals surface area contributed by atoms with Gasteiger partial charge in [0.1, 0.15) is 5.82 Å². The molecule has 2 aromatic carbocycles. The third-order valence-corrected chi connectivity index (χ3v) is 4.70. The molecule has 164 valence electrons. The smallest absolute Gasteiger partial charge is 0.330 e. The lowest BCUT2D eigenvalue weighted by atomic mass is 10.0. The van der Waals surface area contributed by atoms with Crippen molar-refractivity contribution in [1.82, 2.24) is 0 Å². The van der Waals surface area contributed by atoms with Crippen molar-refractivity contribution >= 4 is 29.3 Å². The Kier molecular flexibility index (Phi) is 8.89. The van der Waals surface area contributed by atoms with Gasteiger partial charge in [-0.2, -0.15) is 8.78 Å². The van der Waals surface area contributed by atoms with E-state index in [2.05, 4.69) is 9.73 Å². The van der Waals surface area contributed by atoms with E-state index in [-0.39, 0.29) is 12.1 Å². The molecule has 0 saturated heterocycles. The number of esters is 1. The van der Waals surface area contributed by atoms with Gasteiger partial charge in [-0.25, -0.2) is 14.2 Å². The number of benzene rings is 2. The molecule has 0 aliphatic rings. The van der Waals surface area contributed by atoms with Crippen molar-refractivity contribution in [3.63, 3.8) is 0 Å². The number of nitrogens with two attached hydrogens (primary N) is 2. The summed E-state index contributed by atoms with van der Waals surface area (Å²) in [6.45, 7) is 0. The molecule has 0 aromatic heterocycles. The highest BCUT2D eigenvalue weighted by Crippen LogP contribution is 2.28. The number of carbonyl (C=O) groups excluding carboxylic acids is 1. The van der Waals surface area contributed by atoms with E-state index in [9.17, 15) is 18.0 Å². The van der Waals surface area contributed by atoms with E-state index in [0.717, 1.165) is 29.0 Å². The lowest BCUT2D eigenvalue weighted by molar-refractivity contribution is -0.134. The quantitative estimate of drug-likeness (QED) is 0.246. The molecular weight excluding hydrogens is 427 g/mol. The van der Waals surface area contributed by atoms with Gasteiger partial charge >= 0.3 is 5.97 Å². The fraction of sp³-hybridized carbons (Fsp3) is 0.182. The highest BCUT2D eigenvalue weighted by molar-refractivity contribution is 7.97. The zero-order valence-electron chi connectivity index (χ0n) is 16.7. The molecule has 5 nitrogen and oxygen atoms in total. The summed E-state index contributed by atoms with van der Waals surface area (Å²) >= 11 is 1.07. The van der Waals surface area contributed by atoms with Gasteiger partial charge in [-0.3, -0.25) is 5.14 Å². The number of allylic oxidation sites excluding steroid dienone is 3. The summed E-state index contributed by atoms with van der Waals surface area (Å²) < 4.78 is 46.8. The van der Waals surface area contributed by atoms with E-state index in [0.29, 0.717) is 11.3 Å². The van der Waals surface area contributed by atoms with Gasteiger partial charge in [0.15, 0.2) is 0 Å². The minimum Gasteiger partial charge on any atom is -0.466 e. The van der Waals surface area contributed by atoms with Gasteiger partial charge in [0.05, 0.1) is 24.2 Å². The van der Waals surface area contributed by atoms with Crippen LogP contribution in [0.5, 0.6) is 0 Å². The summed E-state index contributed by atoms with van der Waals surface area (Å²) in [5, 5.41) is 5.50. The Morgan fingerprint density at radius 1 is 1.16 bits per heavy atom. The molecule has 4 N–H and O–H groups in total. The van der Waals surface area contributed by atoms with Crippen molar-refractivity contribution in [3.05, 3.63) is 83.8 Å². The zero-order valence-corrected chi connectivity index (χ0v) is 17.5. The minimum atomic E-state index is -3.35. The lowest BCUT2D eigenvalue weighted by Gasteiger charge is -2.16. The van der Waals surface area contributed by atoms with Gasteiger partial charge in [-0.15, -0.1) is 0 Å². The number of ether oxygens (including phenoxy) is 1. The number of nitrogens with zero attached hydrogens (tertiary/aromatic N) is 1. The molecule has 31 heavy (non-hydrogen) atoms. The van der Waals surface area contributed by atoms with Crippen LogP contribution in [-0.2, 0) is 9.53 Å². The Bertz CT molecular complexity index is 973. The van der Waals surface area contributed by atoms with Crippen LogP contribution in [0.4, 0.5) is 18.9 Å². The number of halogens is 3. The minimum absolute atomic E-state index is 0.0854. The fourth-order valence-electron chi connectivity index (χ4n) is 2.45. The number of hydrogen-bond donors (Lipinski definition) is 2. The summed E-state index contributed by atoms with van der Waals surface area (Å²) in [4.78, 5) is 16.2. The van der Waals surface area contributed by atoms with Gasteiger partial charge in [0.25, 0.3) is 5.92 Å². The van der Waals surface area contributed by atoms with Crippen LogP contribution in [0, 0.1) is 5.82 Å². The Morgan fingerprint density at radius 2 is 1.81 bits per heavy atom. The van der Waals surface area contributed by atoms with Gasteiger partial charge in [-0.1, -0.05) is 6.08 Å². The second kappa shape index (κ2) is 11.4. The van der Waals surface area contributed by atoms with Crippen molar-refractivity contribution < 1.29 is 22.7 Å². The Morgan fingerprint density at radius 3 is 2.39 bits per heavy atom. The first-order chi connectivity index (χ1) is 14.7. The average Bonchev–Trinajstić information content (AvgIpc) is 2.77. The molecule has 0 heterocycles. The molecule has 0 aliphatic carbocycles. The van der Waals surface area contributed by atoms with Gasteiger partial charge in [0, 0.05) is 23.0 Å². The lowest BCUT2D eigenvalue weighted by Crippen LogP contribution is -2.26. The summed E-state index contributed by atoms with van der Waals surface area (Å²) in [6, 6.07) is 12.1. The molecule has 0 fully saturated rings. The number of carbonyl (C=O) groups is 1. The Hall–Kier alpha value is -3.04. The third kappa shape index (κ3) is 7.62. The number of methoxy groups -OCH3 is 1. The number of hydrogen-bond acceptors (Lipinski definition) is 6. The topological polar surface area (TPSA) is 90.7 Å². The van der Waals surface area contributed by atoms with Gasteiger partial charge < -0.3 is 10.5 Å². The van der Waals surface area contributed by atoms with Crippen molar-refractivity contribution in [2.24, 2.45) is 15.9 Å².